The molecule has 0 radical (unpaired) electrons. The fourth-order valence-corrected chi connectivity index (χ4v) is 1.97. The lowest BCUT2D eigenvalue weighted by Gasteiger charge is -2.03. The summed E-state index contributed by atoms with van der Waals surface area (Å²) in [6.45, 7) is 0. The van der Waals surface area contributed by atoms with Crippen molar-refractivity contribution in [1.82, 2.24) is 0 Å². The van der Waals surface area contributed by atoms with Gasteiger partial charge < -0.3 is 5.11 Å². The van der Waals surface area contributed by atoms with Crippen LogP contribution in [0, 0.1) is 0 Å². The van der Waals surface area contributed by atoms with Crippen LogP contribution in [0.1, 0.15) is 37.7 Å². The maximum atomic E-state index is 10.3. The van der Waals surface area contributed by atoms with E-state index in [0.29, 0.717) is 10.0 Å². The first-order valence-electron chi connectivity index (χ1n) is 5.75. The van der Waals surface area contributed by atoms with E-state index in [1.165, 1.54) is 5.56 Å². The van der Waals surface area contributed by atoms with Gasteiger partial charge in [-0.25, -0.2) is 0 Å². The summed E-state index contributed by atoms with van der Waals surface area (Å²) in [5, 5.41) is 9.65. The van der Waals surface area contributed by atoms with Crippen molar-refractivity contribution in [2.75, 3.05) is 0 Å². The molecule has 0 aliphatic rings. The van der Waals surface area contributed by atoms with Crippen molar-refractivity contribution in [3.05, 3.63) is 33.8 Å². The van der Waals surface area contributed by atoms with Gasteiger partial charge in [0.2, 0.25) is 0 Å². The predicted octanol–water partition coefficient (Wildman–Crippen LogP) is 4.57. The molecule has 0 aliphatic heterocycles. The van der Waals surface area contributed by atoms with Gasteiger partial charge in [0, 0.05) is 6.42 Å². The SMILES string of the molecule is O=C(O)CCCCCCc1ccc(Cl)c(Cl)c1. The molecule has 0 bridgehead atoms. The molecule has 94 valence electrons. The topological polar surface area (TPSA) is 37.3 Å². The second kappa shape index (κ2) is 7.57. The third-order valence-corrected chi connectivity index (χ3v) is 3.33. The van der Waals surface area contributed by atoms with Gasteiger partial charge in [-0.1, -0.05) is 42.1 Å². The van der Waals surface area contributed by atoms with Crippen molar-refractivity contribution in [3.8, 4) is 0 Å². The molecule has 0 amide bonds. The molecule has 1 aromatic rings. The molecular formula is C13H16Cl2O2. The van der Waals surface area contributed by atoms with Gasteiger partial charge in [0.05, 0.1) is 10.0 Å². The number of carbonyl (C=O) groups is 1. The summed E-state index contributed by atoms with van der Waals surface area (Å²) in [6.07, 6.45) is 5.06. The minimum absolute atomic E-state index is 0.271. The molecule has 0 atom stereocenters. The van der Waals surface area contributed by atoms with Gasteiger partial charge in [-0.05, 0) is 37.0 Å². The Morgan fingerprint density at radius 3 is 2.41 bits per heavy atom. The molecule has 1 N–H and O–H groups in total. The van der Waals surface area contributed by atoms with Crippen LogP contribution in [0.4, 0.5) is 0 Å². The molecule has 0 fully saturated rings. The van der Waals surface area contributed by atoms with Crippen LogP contribution in [0.15, 0.2) is 18.2 Å². The molecule has 0 heterocycles. The zero-order valence-corrected chi connectivity index (χ0v) is 11.1. The number of carboxylic acids is 1. The summed E-state index contributed by atoms with van der Waals surface area (Å²) >= 11 is 11.7. The average molecular weight is 275 g/mol. The lowest BCUT2D eigenvalue weighted by Crippen LogP contribution is -1.94. The molecule has 4 heteroatoms. The fraction of sp³-hybridized carbons (Fsp3) is 0.462. The van der Waals surface area contributed by atoms with Crippen LogP contribution >= 0.6 is 23.2 Å². The monoisotopic (exact) mass is 274 g/mol. The summed E-state index contributed by atoms with van der Waals surface area (Å²) in [5.41, 5.74) is 1.18. The van der Waals surface area contributed by atoms with Gasteiger partial charge in [0.25, 0.3) is 0 Å². The van der Waals surface area contributed by atoms with Crippen LogP contribution in [-0.2, 0) is 11.2 Å². The third kappa shape index (κ3) is 5.94. The van der Waals surface area contributed by atoms with E-state index in [1.54, 1.807) is 0 Å². The zero-order chi connectivity index (χ0) is 12.7. The van der Waals surface area contributed by atoms with Gasteiger partial charge >= 0.3 is 5.97 Å². The van der Waals surface area contributed by atoms with Crippen LogP contribution in [0.25, 0.3) is 0 Å². The van der Waals surface area contributed by atoms with Gasteiger partial charge in [0.15, 0.2) is 0 Å². The highest BCUT2D eigenvalue weighted by Gasteiger charge is 2.00. The number of hydrogen-bond acceptors (Lipinski definition) is 1. The van der Waals surface area contributed by atoms with Gasteiger partial charge in [-0.3, -0.25) is 4.79 Å². The molecule has 17 heavy (non-hydrogen) atoms. The van der Waals surface area contributed by atoms with Crippen molar-refractivity contribution in [2.45, 2.75) is 38.5 Å². The molecule has 0 saturated carbocycles. The number of aliphatic carboxylic acids is 1. The quantitative estimate of drug-likeness (QED) is 0.740. The first-order chi connectivity index (χ1) is 8.09. The van der Waals surface area contributed by atoms with Crippen LogP contribution in [0.5, 0.6) is 0 Å². The van der Waals surface area contributed by atoms with Crippen molar-refractivity contribution in [1.29, 1.82) is 0 Å². The highest BCUT2D eigenvalue weighted by molar-refractivity contribution is 6.42. The second-order valence-electron chi connectivity index (χ2n) is 4.06. The maximum absolute atomic E-state index is 10.3. The van der Waals surface area contributed by atoms with Crippen molar-refractivity contribution < 1.29 is 9.90 Å². The number of rotatable bonds is 7. The van der Waals surface area contributed by atoms with E-state index in [4.69, 9.17) is 28.3 Å². The maximum Gasteiger partial charge on any atom is 0.303 e. The first kappa shape index (κ1) is 14.3. The highest BCUT2D eigenvalue weighted by Crippen LogP contribution is 2.23. The number of hydrogen-bond donors (Lipinski definition) is 1. The average Bonchev–Trinajstić information content (AvgIpc) is 2.27. The molecule has 1 aromatic carbocycles. The second-order valence-corrected chi connectivity index (χ2v) is 4.87. The predicted molar refractivity (Wildman–Crippen MR) is 70.9 cm³/mol. The number of carboxylic acid groups (broad SMARTS) is 1. The molecule has 0 aromatic heterocycles. The number of unbranched alkanes of at least 4 members (excludes halogenated alkanes) is 3. The summed E-state index contributed by atoms with van der Waals surface area (Å²) in [7, 11) is 0. The van der Waals surface area contributed by atoms with E-state index < -0.39 is 5.97 Å². The Kier molecular flexibility index (Phi) is 6.38. The molecule has 0 aliphatic carbocycles. The number of benzene rings is 1. The lowest BCUT2D eigenvalue weighted by atomic mass is 10.1. The van der Waals surface area contributed by atoms with E-state index in [-0.39, 0.29) is 6.42 Å². The summed E-state index contributed by atoms with van der Waals surface area (Å²) in [4.78, 5) is 10.3. The van der Waals surface area contributed by atoms with E-state index >= 15 is 0 Å². The van der Waals surface area contributed by atoms with Crippen LogP contribution in [0.3, 0.4) is 0 Å². The van der Waals surface area contributed by atoms with Crippen LogP contribution < -0.4 is 0 Å². The fourth-order valence-electron chi connectivity index (χ4n) is 1.65. The molecule has 0 spiro atoms. The first-order valence-corrected chi connectivity index (χ1v) is 6.51. The summed E-state index contributed by atoms with van der Waals surface area (Å²) < 4.78 is 0. The largest absolute Gasteiger partial charge is 0.481 e. The minimum Gasteiger partial charge on any atom is -0.481 e. The van der Waals surface area contributed by atoms with Crippen molar-refractivity contribution >= 4 is 29.2 Å². The number of halogens is 2. The number of aryl methyl sites for hydroxylation is 1. The molecule has 2 nitrogen and oxygen atoms in total. The van der Waals surface area contributed by atoms with Crippen molar-refractivity contribution in [2.24, 2.45) is 0 Å². The van der Waals surface area contributed by atoms with E-state index in [0.717, 1.165) is 32.1 Å². The molecule has 1 rings (SSSR count). The van der Waals surface area contributed by atoms with Gasteiger partial charge in [-0.2, -0.15) is 0 Å². The molecule has 0 saturated heterocycles. The van der Waals surface area contributed by atoms with Crippen LogP contribution in [-0.4, -0.2) is 11.1 Å². The Balaban J connectivity index is 2.18. The van der Waals surface area contributed by atoms with E-state index in [9.17, 15) is 4.79 Å². The minimum atomic E-state index is -0.713. The van der Waals surface area contributed by atoms with Gasteiger partial charge in [-0.15, -0.1) is 0 Å². The molecule has 0 unspecified atom stereocenters. The Morgan fingerprint density at radius 2 is 1.76 bits per heavy atom. The Labute approximate surface area is 112 Å². The van der Waals surface area contributed by atoms with Gasteiger partial charge in [0.1, 0.15) is 0 Å². The summed E-state index contributed by atoms with van der Waals surface area (Å²) in [5.74, 6) is -0.713. The molecular weight excluding hydrogens is 259 g/mol. The standard InChI is InChI=1S/C13H16Cl2O2/c14-11-8-7-10(9-12(11)15)5-3-1-2-4-6-13(16)17/h7-9H,1-6H2,(H,16,17). The van der Waals surface area contributed by atoms with E-state index in [1.807, 2.05) is 18.2 Å². The van der Waals surface area contributed by atoms with Crippen LogP contribution in [0.2, 0.25) is 10.0 Å². The van der Waals surface area contributed by atoms with E-state index in [2.05, 4.69) is 0 Å². The Bertz CT molecular complexity index is 378. The third-order valence-electron chi connectivity index (χ3n) is 2.59. The Morgan fingerprint density at radius 1 is 1.06 bits per heavy atom. The van der Waals surface area contributed by atoms with Crippen molar-refractivity contribution in [3.63, 3.8) is 0 Å². The smallest absolute Gasteiger partial charge is 0.303 e. The normalized spacial score (nSPS) is 10.5. The lowest BCUT2D eigenvalue weighted by molar-refractivity contribution is -0.137. The highest BCUT2D eigenvalue weighted by atomic mass is 35.5. The zero-order valence-electron chi connectivity index (χ0n) is 9.59. The Hall–Kier alpha value is -0.730. The summed E-state index contributed by atoms with van der Waals surface area (Å²) in [6, 6.07) is 5.68.